The number of aromatic nitrogens is 4. The van der Waals surface area contributed by atoms with Gasteiger partial charge in [0, 0.05) is 35.8 Å². The number of alkyl halides is 4. The Morgan fingerprint density at radius 3 is 2.74 bits per heavy atom. The van der Waals surface area contributed by atoms with Gasteiger partial charge in [0.2, 0.25) is 0 Å². The van der Waals surface area contributed by atoms with Gasteiger partial charge in [0.25, 0.3) is 6.43 Å². The number of rotatable bonds is 7. The normalized spacial score (nSPS) is 21.6. The third-order valence-electron chi connectivity index (χ3n) is 6.14. The van der Waals surface area contributed by atoms with Crippen LogP contribution in [0.5, 0.6) is 0 Å². The summed E-state index contributed by atoms with van der Waals surface area (Å²) in [5.74, 6) is 0.468. The van der Waals surface area contributed by atoms with E-state index in [0.717, 1.165) is 46.8 Å². The molecule has 0 bridgehead atoms. The highest BCUT2D eigenvalue weighted by Crippen LogP contribution is 2.39. The summed E-state index contributed by atoms with van der Waals surface area (Å²) >= 11 is 2.38. The molecule has 2 fully saturated rings. The van der Waals surface area contributed by atoms with Crippen LogP contribution < -0.4 is 14.9 Å². The first kappa shape index (κ1) is 25.1. The van der Waals surface area contributed by atoms with Crippen LogP contribution in [0.2, 0.25) is 0 Å². The summed E-state index contributed by atoms with van der Waals surface area (Å²) in [5, 5.41) is 10.8. The molecule has 2 N–H and O–H groups in total. The van der Waals surface area contributed by atoms with Crippen LogP contribution in [0.3, 0.4) is 0 Å². The van der Waals surface area contributed by atoms with Crippen molar-refractivity contribution in [3.63, 3.8) is 0 Å². The number of nitrogens with zero attached hydrogens (tertiary/aromatic N) is 5. The van der Waals surface area contributed by atoms with E-state index in [1.54, 1.807) is 18.1 Å². The zero-order valence-corrected chi connectivity index (χ0v) is 20.7. The number of fused-ring (bicyclic) bond motifs is 1. The number of hydrogen-bond donors (Lipinski definition) is 2. The van der Waals surface area contributed by atoms with E-state index in [1.807, 2.05) is 17.5 Å². The highest BCUT2D eigenvalue weighted by molar-refractivity contribution is 7.97. The highest BCUT2D eigenvalue weighted by Gasteiger charge is 2.37. The minimum atomic E-state index is -2.67. The van der Waals surface area contributed by atoms with Crippen LogP contribution in [0.1, 0.15) is 38.1 Å². The molecule has 7 nitrogen and oxygen atoms in total. The van der Waals surface area contributed by atoms with Crippen LogP contribution in [0.25, 0.3) is 16.3 Å². The first-order valence-corrected chi connectivity index (χ1v) is 12.5. The maximum absolute atomic E-state index is 13.6. The van der Waals surface area contributed by atoms with Crippen molar-refractivity contribution >= 4 is 34.5 Å². The molecule has 0 radical (unpaired) electrons. The Bertz CT molecular complexity index is 1120. The minimum Gasteiger partial charge on any atom is -0.364 e. The van der Waals surface area contributed by atoms with Crippen molar-refractivity contribution in [2.75, 3.05) is 31.8 Å². The van der Waals surface area contributed by atoms with Crippen molar-refractivity contribution in [2.45, 2.75) is 55.6 Å². The van der Waals surface area contributed by atoms with Crippen molar-refractivity contribution in [1.29, 1.82) is 0 Å². The summed E-state index contributed by atoms with van der Waals surface area (Å²) in [6, 6.07) is 1.77. The van der Waals surface area contributed by atoms with Crippen LogP contribution in [0.4, 0.5) is 23.2 Å². The summed E-state index contributed by atoms with van der Waals surface area (Å²) in [6.45, 7) is 5.13. The molecule has 2 aliphatic rings. The Morgan fingerprint density at radius 1 is 1.32 bits per heavy atom. The SMILES string of the molecule is CC1C(CF)NCCN1c1cc(SNC2(C)CC2)cn2c(-c3nnc(C(F)F)s3)ncc12.CF. The fourth-order valence-electron chi connectivity index (χ4n) is 3.87. The van der Waals surface area contributed by atoms with Gasteiger partial charge in [-0.15, -0.1) is 10.2 Å². The quantitative estimate of drug-likeness (QED) is 0.349. The molecule has 186 valence electrons. The van der Waals surface area contributed by atoms with Gasteiger partial charge in [0.05, 0.1) is 30.6 Å². The summed E-state index contributed by atoms with van der Waals surface area (Å²) in [7, 11) is 0.500. The summed E-state index contributed by atoms with van der Waals surface area (Å²) in [6.07, 6.45) is 3.24. The van der Waals surface area contributed by atoms with Gasteiger partial charge in [-0.25, -0.2) is 18.2 Å². The molecule has 0 aromatic carbocycles. The molecule has 4 heterocycles. The third-order valence-corrected chi connectivity index (χ3v) is 8.12. The smallest absolute Gasteiger partial charge is 0.291 e. The van der Waals surface area contributed by atoms with Crippen LogP contribution in [-0.4, -0.2) is 64.1 Å². The first-order chi connectivity index (χ1) is 16.4. The van der Waals surface area contributed by atoms with E-state index in [9.17, 15) is 17.6 Å². The van der Waals surface area contributed by atoms with E-state index in [0.29, 0.717) is 24.6 Å². The predicted molar refractivity (Wildman–Crippen MR) is 127 cm³/mol. The fraction of sp³-hybridized carbons (Fsp3) is 0.571. The van der Waals surface area contributed by atoms with Gasteiger partial charge in [0.15, 0.2) is 15.8 Å². The highest BCUT2D eigenvalue weighted by atomic mass is 32.2. The van der Waals surface area contributed by atoms with Crippen molar-refractivity contribution < 1.29 is 17.6 Å². The van der Waals surface area contributed by atoms with Gasteiger partial charge in [-0.1, -0.05) is 11.3 Å². The lowest BCUT2D eigenvalue weighted by Gasteiger charge is -2.41. The molecule has 0 amide bonds. The minimum absolute atomic E-state index is 0.0583. The topological polar surface area (TPSA) is 70.4 Å². The molecule has 0 spiro atoms. The second-order valence-electron chi connectivity index (χ2n) is 8.56. The van der Waals surface area contributed by atoms with Gasteiger partial charge in [0.1, 0.15) is 6.67 Å². The van der Waals surface area contributed by atoms with Gasteiger partial charge >= 0.3 is 0 Å². The molecule has 13 heteroatoms. The Hall–Kier alpha value is -1.96. The molecule has 1 aliphatic heterocycles. The van der Waals surface area contributed by atoms with E-state index < -0.39 is 13.1 Å². The summed E-state index contributed by atoms with van der Waals surface area (Å²) in [5.41, 5.74) is 1.88. The Kier molecular flexibility index (Phi) is 7.65. The number of nitrogens with one attached hydrogen (secondary N) is 2. The zero-order valence-electron chi connectivity index (χ0n) is 19.1. The molecule has 3 aromatic heterocycles. The van der Waals surface area contributed by atoms with Gasteiger partial charge in [-0.2, -0.15) is 0 Å². The molecule has 5 rings (SSSR count). The summed E-state index contributed by atoms with van der Waals surface area (Å²) < 4.78 is 54.6. The number of anilines is 1. The largest absolute Gasteiger partial charge is 0.364 e. The van der Waals surface area contributed by atoms with E-state index >= 15 is 0 Å². The zero-order chi connectivity index (χ0) is 24.5. The molecule has 1 saturated carbocycles. The van der Waals surface area contributed by atoms with Gasteiger partial charge in [-0.05, 0) is 44.7 Å². The van der Waals surface area contributed by atoms with Gasteiger partial charge in [-0.3, -0.25) is 13.5 Å². The molecule has 1 aliphatic carbocycles. The number of halogens is 4. The van der Waals surface area contributed by atoms with E-state index in [-0.39, 0.29) is 22.6 Å². The Labute approximate surface area is 203 Å². The van der Waals surface area contributed by atoms with E-state index in [1.165, 1.54) is 0 Å². The monoisotopic (exact) mass is 517 g/mol. The lowest BCUT2D eigenvalue weighted by Crippen LogP contribution is -2.57. The average Bonchev–Trinajstić information content (AvgIpc) is 3.22. The van der Waals surface area contributed by atoms with Crippen molar-refractivity contribution in [3.8, 4) is 10.8 Å². The maximum atomic E-state index is 13.6. The standard InChI is InChI=1S/C20H24F3N7S2.CH3F/c1-11-13(8-21)24-5-6-29(11)14-7-12(32-28-20(2)3-4-20)10-30-15(14)9-25-17(30)19-27-26-18(31-19)16(22)23;1-2/h7,9-11,13,16,24,28H,3-6,8H2,1-2H3;1H3. The molecule has 3 aromatic rings. The van der Waals surface area contributed by atoms with E-state index in [4.69, 9.17) is 0 Å². The summed E-state index contributed by atoms with van der Waals surface area (Å²) in [4.78, 5) is 7.65. The van der Waals surface area contributed by atoms with Crippen molar-refractivity contribution in [3.05, 3.63) is 23.5 Å². The number of imidazole rings is 1. The van der Waals surface area contributed by atoms with Crippen molar-refractivity contribution in [1.82, 2.24) is 29.6 Å². The number of piperazine rings is 1. The number of hydrogen-bond acceptors (Lipinski definition) is 8. The Morgan fingerprint density at radius 2 is 2.09 bits per heavy atom. The third kappa shape index (κ3) is 5.02. The molecule has 2 unspecified atom stereocenters. The lowest BCUT2D eigenvalue weighted by atomic mass is 10.1. The predicted octanol–water partition coefficient (Wildman–Crippen LogP) is 4.66. The van der Waals surface area contributed by atoms with Gasteiger partial charge < -0.3 is 10.2 Å². The molecule has 2 atom stereocenters. The second kappa shape index (κ2) is 10.3. The van der Waals surface area contributed by atoms with Crippen LogP contribution in [0, 0.1) is 0 Å². The second-order valence-corrected chi connectivity index (χ2v) is 10.4. The Balaban J connectivity index is 0.00000133. The molecule has 1 saturated heterocycles. The lowest BCUT2D eigenvalue weighted by molar-refractivity contribution is 0.150. The average molecular weight is 518 g/mol. The van der Waals surface area contributed by atoms with Crippen LogP contribution >= 0.6 is 23.3 Å². The molecular weight excluding hydrogens is 490 g/mol. The molecule has 34 heavy (non-hydrogen) atoms. The van der Waals surface area contributed by atoms with Crippen molar-refractivity contribution in [2.24, 2.45) is 0 Å². The van der Waals surface area contributed by atoms with Crippen LogP contribution in [-0.2, 0) is 0 Å². The fourth-order valence-corrected chi connectivity index (χ4v) is 5.46. The first-order valence-electron chi connectivity index (χ1n) is 10.9. The van der Waals surface area contributed by atoms with Crippen LogP contribution in [0.15, 0.2) is 23.4 Å². The molecular formula is C21H27F4N7S2. The number of pyridine rings is 1. The van der Waals surface area contributed by atoms with E-state index in [2.05, 4.69) is 43.1 Å². The maximum Gasteiger partial charge on any atom is 0.291 e.